The minimum absolute atomic E-state index is 0.00443. The zero-order valence-electron chi connectivity index (χ0n) is 62.2. The lowest BCUT2D eigenvalue weighted by Gasteiger charge is -2.52. The van der Waals surface area contributed by atoms with Gasteiger partial charge in [-0.3, -0.25) is 0 Å². The number of hydrogen-bond donors (Lipinski definition) is 0. The number of benzene rings is 11. The molecule has 10 unspecified atom stereocenters. The summed E-state index contributed by atoms with van der Waals surface area (Å²) in [6.45, 7) is -0.158. The largest absolute Gasteiger partial charge is 0.468 e. The molecule has 0 radical (unpaired) electrons. The van der Waals surface area contributed by atoms with E-state index in [0.29, 0.717) is 5.56 Å². The van der Waals surface area contributed by atoms with Crippen molar-refractivity contribution < 1.29 is 89.0 Å². The van der Waals surface area contributed by atoms with Crippen LogP contribution in [0.4, 0.5) is 18.9 Å². The van der Waals surface area contributed by atoms with Crippen molar-refractivity contribution in [2.45, 2.75) is 157 Å². The fraction of sp³-hybridized carbons (Fsp3) is 0.301. The van der Waals surface area contributed by atoms with Gasteiger partial charge in [-0.15, -0.1) is 0 Å². The van der Waals surface area contributed by atoms with Crippen LogP contribution in [0, 0.1) is 0 Å². The second-order valence-electron chi connectivity index (χ2n) is 28.1. The molecule has 0 saturated carbocycles. The van der Waals surface area contributed by atoms with Gasteiger partial charge in [-0.25, -0.2) is 4.99 Å². The number of aliphatic imine (C=N–C) groups is 1. The third-order valence-corrected chi connectivity index (χ3v) is 20.0. The second kappa shape index (κ2) is 39.4. The van der Waals surface area contributed by atoms with Gasteiger partial charge in [0.2, 0.25) is 6.29 Å². The predicted octanol–water partition coefficient (Wildman–Crippen LogP) is 17.5. The highest BCUT2D eigenvalue weighted by atomic mass is 19.4. The molecule has 17 nitrogen and oxygen atoms in total. The number of fused-ring (bicyclic) bond motifs is 2. The molecule has 4 aliphatic heterocycles. The lowest BCUT2D eigenvalue weighted by molar-refractivity contribution is -0.413. The van der Waals surface area contributed by atoms with Crippen molar-refractivity contribution in [3.63, 3.8) is 0 Å². The molecule has 20 heteroatoms. The van der Waals surface area contributed by atoms with Crippen LogP contribution in [-0.2, 0) is 129 Å². The predicted molar refractivity (Wildman–Crippen MR) is 416 cm³/mol. The van der Waals surface area contributed by atoms with Gasteiger partial charge in [0.05, 0.1) is 78.4 Å². The molecular formula is C93H90F3NO16. The van der Waals surface area contributed by atoms with E-state index in [-0.39, 0.29) is 78.4 Å². The first-order valence-electron chi connectivity index (χ1n) is 38.2. The summed E-state index contributed by atoms with van der Waals surface area (Å²) in [6.07, 6.45) is -25.9. The Morgan fingerprint density at radius 2 is 0.690 bits per heavy atom. The second-order valence-corrected chi connectivity index (χ2v) is 28.1. The van der Waals surface area contributed by atoms with Crippen molar-refractivity contribution in [1.29, 1.82) is 0 Å². The Hall–Kier alpha value is -9.66. The minimum atomic E-state index is -5.23. The highest BCUT2D eigenvalue weighted by molar-refractivity contribution is 5.85. The van der Waals surface area contributed by atoms with Crippen molar-refractivity contribution in [2.24, 2.45) is 4.99 Å². The quantitative estimate of drug-likeness (QED) is 0.0282. The van der Waals surface area contributed by atoms with Crippen molar-refractivity contribution in [2.75, 3.05) is 19.8 Å². The number of nitrogens with zero attached hydrogens (tertiary/aromatic N) is 1. The maximum atomic E-state index is 16.3. The number of alkyl halides is 3. The summed E-state index contributed by atoms with van der Waals surface area (Å²) >= 11 is 0. The van der Waals surface area contributed by atoms with Gasteiger partial charge in [-0.2, -0.15) is 13.2 Å². The molecule has 15 rings (SSSR count). The molecule has 4 heterocycles. The summed E-state index contributed by atoms with van der Waals surface area (Å²) in [6, 6.07) is 98.6. The Kier molecular flexibility index (Phi) is 27.4. The molecule has 0 spiro atoms. The third kappa shape index (κ3) is 21.4. The molecular weight excluding hydrogens is 1440 g/mol. The Balaban J connectivity index is 0.896. The van der Waals surface area contributed by atoms with E-state index >= 15 is 13.2 Å². The summed E-state index contributed by atoms with van der Waals surface area (Å²) in [5, 5.41) is 2.07. The molecule has 11 aromatic rings. The van der Waals surface area contributed by atoms with Gasteiger partial charge in [0.15, 0.2) is 25.0 Å². The fourth-order valence-corrected chi connectivity index (χ4v) is 14.4. The van der Waals surface area contributed by atoms with Crippen LogP contribution in [0.5, 0.6) is 0 Å². The van der Waals surface area contributed by atoms with E-state index in [1.807, 2.05) is 261 Å². The van der Waals surface area contributed by atoms with Gasteiger partial charge in [0.25, 0.3) is 5.90 Å². The number of ether oxygens (including phenoxy) is 16. The van der Waals surface area contributed by atoms with Crippen molar-refractivity contribution >= 4 is 22.4 Å². The van der Waals surface area contributed by atoms with E-state index < -0.39 is 110 Å². The van der Waals surface area contributed by atoms with Crippen LogP contribution in [0.3, 0.4) is 0 Å². The molecule has 0 amide bonds. The molecule has 4 fully saturated rings. The SMILES string of the molecule is FC(F)(F)/C(=N\c1ccccc1)O[C@H]1OC(COCc2ccccc2)[C@@H](OCc2ccccc2)C(OCc2ccccc2)C1O[C@H]1OC(COCc2ccccc2)[C@@H](OCc2ccccc2)C(OCc2ccccc2)C1O[C@@H]1OC2COC(c3ccccc3)O[C@H]2C(OCc2ccc3ccccc3c2)C1OCc1ccccc1. The third-order valence-electron chi connectivity index (χ3n) is 20.0. The molecule has 16 atom stereocenters. The van der Waals surface area contributed by atoms with Crippen LogP contribution in [-0.4, -0.2) is 124 Å². The summed E-state index contributed by atoms with van der Waals surface area (Å²) in [7, 11) is 0. The van der Waals surface area contributed by atoms with Crippen molar-refractivity contribution in [3.8, 4) is 0 Å². The Bertz CT molecular complexity index is 4660. The van der Waals surface area contributed by atoms with E-state index in [0.717, 1.165) is 55.3 Å². The maximum absolute atomic E-state index is 16.3. The maximum Gasteiger partial charge on any atom is 0.468 e. The van der Waals surface area contributed by atoms with Crippen LogP contribution in [0.1, 0.15) is 56.4 Å². The van der Waals surface area contributed by atoms with Gasteiger partial charge in [-0.05, 0) is 73.5 Å². The number of halogens is 3. The van der Waals surface area contributed by atoms with Gasteiger partial charge >= 0.3 is 6.18 Å². The summed E-state index contributed by atoms with van der Waals surface area (Å²) in [5.74, 6) is -1.65. The Morgan fingerprint density at radius 3 is 1.15 bits per heavy atom. The van der Waals surface area contributed by atoms with E-state index in [1.54, 1.807) is 18.2 Å². The molecule has 4 aliphatic rings. The average Bonchev–Trinajstić information content (AvgIpc) is 0.751. The minimum Gasteiger partial charge on any atom is -0.441 e. The number of hydrogen-bond acceptors (Lipinski definition) is 17. The van der Waals surface area contributed by atoms with Crippen LogP contribution in [0.15, 0.2) is 320 Å². The Labute approximate surface area is 655 Å². The standard InChI is InChI=1S/C93H90F3NO16/c94-93(95,96)92(97-75-48-26-9-27-49-75)113-91-87(83(103-58-69-40-20-6-21-41-69)80(101-56-67-36-16-4-17-37-67)77(108-91)62-99-54-65-32-12-2-13-33-65)112-90-86(82(102-57-68-38-18-5-19-39-68)79(100-55-66-34-14-3-15-35-66)76(107-90)61-98-53-64-30-10-1-11-31-64)111-89-85(105-59-70-42-22-7-23-43-70)84(104-60-71-50-51-72-44-28-29-47-74(72)52-71)81-78(109-89)63-106-88(110-81)73-45-24-8-25-46-73/h1-52,76-91H,53-63H2/b97-92+/t76?,77?,78?,79-,80-,81-,82?,83?,84?,85?,86?,87?,88?,89+,90-,91-/m1/s1. The average molecular weight is 1530 g/mol. The van der Waals surface area contributed by atoms with Crippen LogP contribution in [0.2, 0.25) is 0 Å². The first-order valence-corrected chi connectivity index (χ1v) is 38.2. The highest BCUT2D eigenvalue weighted by Crippen LogP contribution is 2.43. The van der Waals surface area contributed by atoms with Crippen LogP contribution < -0.4 is 0 Å². The molecule has 4 saturated heterocycles. The fourth-order valence-electron chi connectivity index (χ4n) is 14.4. The molecule has 11 aromatic carbocycles. The van der Waals surface area contributed by atoms with Crippen molar-refractivity contribution in [3.05, 3.63) is 366 Å². The van der Waals surface area contributed by atoms with Crippen LogP contribution >= 0.6 is 0 Å². The lowest BCUT2D eigenvalue weighted by Crippen LogP contribution is -2.69. The van der Waals surface area contributed by atoms with Crippen LogP contribution in [0.25, 0.3) is 10.8 Å². The van der Waals surface area contributed by atoms with Gasteiger partial charge in [0.1, 0.15) is 67.1 Å². The summed E-state index contributed by atoms with van der Waals surface area (Å²) < 4.78 is 164. The zero-order chi connectivity index (χ0) is 76.8. The smallest absolute Gasteiger partial charge is 0.441 e. The Morgan fingerprint density at radius 1 is 0.327 bits per heavy atom. The number of para-hydroxylation sites is 1. The molecule has 0 N–H and O–H groups in total. The summed E-state index contributed by atoms with van der Waals surface area (Å²) in [4.78, 5) is 4.15. The first-order chi connectivity index (χ1) is 55.6. The van der Waals surface area contributed by atoms with E-state index in [4.69, 9.17) is 75.8 Å². The molecule has 584 valence electrons. The molecule has 0 bridgehead atoms. The number of rotatable bonds is 33. The van der Waals surface area contributed by atoms with E-state index in [2.05, 4.69) is 29.3 Å². The summed E-state index contributed by atoms with van der Waals surface area (Å²) in [5.41, 5.74) is 7.19. The van der Waals surface area contributed by atoms with Gasteiger partial charge in [0, 0.05) is 5.56 Å². The lowest BCUT2D eigenvalue weighted by atomic mass is 9.95. The van der Waals surface area contributed by atoms with E-state index in [1.165, 1.54) is 12.1 Å². The first kappa shape index (κ1) is 78.6. The monoisotopic (exact) mass is 1530 g/mol. The highest BCUT2D eigenvalue weighted by Gasteiger charge is 2.59. The molecule has 0 aromatic heterocycles. The van der Waals surface area contributed by atoms with Crippen molar-refractivity contribution in [1.82, 2.24) is 0 Å². The van der Waals surface area contributed by atoms with Gasteiger partial charge < -0.3 is 75.8 Å². The molecule has 0 aliphatic carbocycles. The zero-order valence-corrected chi connectivity index (χ0v) is 62.2. The normalized spacial score (nSPS) is 25.3. The topological polar surface area (TPSA) is 160 Å². The van der Waals surface area contributed by atoms with Gasteiger partial charge in [-0.1, -0.05) is 297 Å². The van der Waals surface area contributed by atoms with E-state index in [9.17, 15) is 0 Å². The molecule has 113 heavy (non-hydrogen) atoms.